The van der Waals surface area contributed by atoms with Crippen molar-refractivity contribution in [1.82, 2.24) is 9.88 Å². The van der Waals surface area contributed by atoms with E-state index in [1.807, 2.05) is 24.5 Å². The predicted octanol–water partition coefficient (Wildman–Crippen LogP) is 2.21. The van der Waals surface area contributed by atoms with Gasteiger partial charge in [0.1, 0.15) is 11.4 Å². The minimum atomic E-state index is -0.781. The van der Waals surface area contributed by atoms with Crippen LogP contribution in [0.25, 0.3) is 0 Å². The highest BCUT2D eigenvalue weighted by Gasteiger charge is 2.30. The maximum Gasteiger partial charge on any atom is 0.246 e. The van der Waals surface area contributed by atoms with Crippen LogP contribution >= 0.6 is 0 Å². The molecule has 0 unspecified atom stereocenters. The highest BCUT2D eigenvalue weighted by Crippen LogP contribution is 2.19. The van der Waals surface area contributed by atoms with Crippen LogP contribution in [0.4, 0.5) is 4.39 Å². The van der Waals surface area contributed by atoms with E-state index in [1.165, 1.54) is 12.1 Å². The summed E-state index contributed by atoms with van der Waals surface area (Å²) in [6, 6.07) is 8.85. The van der Waals surface area contributed by atoms with Crippen LogP contribution in [0.1, 0.15) is 25.5 Å². The van der Waals surface area contributed by atoms with Gasteiger partial charge in [0, 0.05) is 12.4 Å². The van der Waals surface area contributed by atoms with E-state index in [2.05, 4.69) is 5.32 Å². The number of carbonyl (C=O) groups is 1. The van der Waals surface area contributed by atoms with Gasteiger partial charge in [0.2, 0.25) is 5.91 Å². The van der Waals surface area contributed by atoms with Crippen molar-refractivity contribution in [3.63, 3.8) is 0 Å². The predicted molar refractivity (Wildman–Crippen MR) is 78.1 cm³/mol. The maximum atomic E-state index is 12.9. The molecule has 2 rings (SSSR count). The molecule has 112 valence electrons. The third-order valence-electron chi connectivity index (χ3n) is 3.57. The molecular formula is C16H19FN2O2. The number of hydrogen-bond acceptors (Lipinski definition) is 2. The Bertz CT molecular complexity index is 591. The molecule has 1 amide bonds. The van der Waals surface area contributed by atoms with Gasteiger partial charge in [-0.05, 0) is 43.7 Å². The number of rotatable bonds is 5. The Kier molecular flexibility index (Phi) is 4.43. The molecule has 1 atom stereocenters. The molecule has 2 aromatic rings. The lowest BCUT2D eigenvalue weighted by molar-refractivity contribution is -0.129. The second-order valence-electron chi connectivity index (χ2n) is 5.41. The molecule has 1 heterocycles. The van der Waals surface area contributed by atoms with Gasteiger partial charge in [-0.15, -0.1) is 0 Å². The fourth-order valence-electron chi connectivity index (χ4n) is 2.09. The molecule has 0 aliphatic carbocycles. The molecular weight excluding hydrogens is 271 g/mol. The number of hydrogen-bond donors (Lipinski definition) is 2. The molecule has 0 fully saturated rings. The molecule has 5 heteroatoms. The Labute approximate surface area is 123 Å². The molecule has 21 heavy (non-hydrogen) atoms. The monoisotopic (exact) mass is 290 g/mol. The third kappa shape index (κ3) is 3.31. The second-order valence-corrected chi connectivity index (χ2v) is 5.41. The Hall–Kier alpha value is -2.14. The molecule has 0 spiro atoms. The molecule has 0 bridgehead atoms. The van der Waals surface area contributed by atoms with Crippen LogP contribution in [0.5, 0.6) is 0 Å². The summed E-state index contributed by atoms with van der Waals surface area (Å²) >= 11 is 0. The summed E-state index contributed by atoms with van der Waals surface area (Å²) in [7, 11) is 0. The van der Waals surface area contributed by atoms with Crippen molar-refractivity contribution in [2.45, 2.75) is 25.4 Å². The van der Waals surface area contributed by atoms with Gasteiger partial charge in [0.15, 0.2) is 0 Å². The van der Waals surface area contributed by atoms with Gasteiger partial charge >= 0.3 is 0 Å². The van der Waals surface area contributed by atoms with Gasteiger partial charge in [-0.1, -0.05) is 12.1 Å². The first-order chi connectivity index (χ1) is 9.95. The van der Waals surface area contributed by atoms with Gasteiger partial charge in [0.05, 0.1) is 12.6 Å². The van der Waals surface area contributed by atoms with E-state index < -0.39 is 11.6 Å². The van der Waals surface area contributed by atoms with Crippen LogP contribution in [0.3, 0.4) is 0 Å². The first kappa shape index (κ1) is 15.3. The zero-order valence-corrected chi connectivity index (χ0v) is 12.1. The normalized spacial score (nSPS) is 13.0. The zero-order valence-electron chi connectivity index (χ0n) is 12.1. The van der Waals surface area contributed by atoms with E-state index >= 15 is 0 Å². The zero-order chi connectivity index (χ0) is 15.5. The quantitative estimate of drug-likeness (QED) is 0.887. The number of carbonyl (C=O) groups excluding carboxylic acids is 1. The van der Waals surface area contributed by atoms with E-state index in [0.29, 0.717) is 5.56 Å². The summed E-state index contributed by atoms with van der Waals surface area (Å²) in [6.07, 6.45) is 3.62. The van der Waals surface area contributed by atoms with Crippen LogP contribution in [0.2, 0.25) is 0 Å². The lowest BCUT2D eigenvalue weighted by Gasteiger charge is -2.28. The second kappa shape index (κ2) is 6.10. The van der Waals surface area contributed by atoms with Crippen molar-refractivity contribution < 1.29 is 14.3 Å². The lowest BCUT2D eigenvalue weighted by Crippen LogP contribution is -2.46. The van der Waals surface area contributed by atoms with Crippen LogP contribution < -0.4 is 5.32 Å². The van der Waals surface area contributed by atoms with Crippen molar-refractivity contribution in [3.8, 4) is 0 Å². The summed E-state index contributed by atoms with van der Waals surface area (Å²) < 4.78 is 14.7. The van der Waals surface area contributed by atoms with Gasteiger partial charge in [-0.3, -0.25) is 4.79 Å². The molecule has 1 aromatic heterocycles. The largest absolute Gasteiger partial charge is 0.394 e. The van der Waals surface area contributed by atoms with Gasteiger partial charge in [-0.25, -0.2) is 4.39 Å². The summed E-state index contributed by atoms with van der Waals surface area (Å²) in [6.45, 7) is 3.34. The average Bonchev–Trinajstić information content (AvgIpc) is 3.00. The minimum Gasteiger partial charge on any atom is -0.394 e. The number of benzene rings is 1. The van der Waals surface area contributed by atoms with Crippen LogP contribution in [0.15, 0.2) is 48.8 Å². The molecule has 1 aromatic carbocycles. The van der Waals surface area contributed by atoms with Gasteiger partial charge < -0.3 is 15.0 Å². The summed E-state index contributed by atoms with van der Waals surface area (Å²) in [5, 5.41) is 12.3. The van der Waals surface area contributed by atoms with Gasteiger partial charge in [0.25, 0.3) is 0 Å². The van der Waals surface area contributed by atoms with E-state index in [9.17, 15) is 14.3 Å². The molecule has 0 aliphatic heterocycles. The summed E-state index contributed by atoms with van der Waals surface area (Å²) in [5.41, 5.74) is -0.118. The number of amides is 1. The minimum absolute atomic E-state index is 0.220. The topological polar surface area (TPSA) is 54.3 Å². The fourth-order valence-corrected chi connectivity index (χ4v) is 2.09. The molecule has 4 nitrogen and oxygen atoms in total. The Morgan fingerprint density at radius 3 is 2.38 bits per heavy atom. The molecule has 0 saturated carbocycles. The van der Waals surface area contributed by atoms with Crippen molar-refractivity contribution >= 4 is 5.91 Å². The third-order valence-corrected chi connectivity index (χ3v) is 3.57. The van der Waals surface area contributed by atoms with Crippen LogP contribution in [-0.4, -0.2) is 22.2 Å². The first-order valence-corrected chi connectivity index (χ1v) is 6.76. The van der Waals surface area contributed by atoms with E-state index in [1.54, 1.807) is 30.5 Å². The van der Waals surface area contributed by atoms with E-state index in [4.69, 9.17) is 0 Å². The molecule has 0 saturated heterocycles. The number of aliphatic hydroxyl groups excluding tert-OH is 1. The smallest absolute Gasteiger partial charge is 0.246 e. The standard InChI is InChI=1S/C16H19FN2O2/c1-16(2,19-9-3-4-10-19)15(21)18-14(11-20)12-5-7-13(17)8-6-12/h3-10,14,20H,11H2,1-2H3,(H,18,21)/t14-/m0/s1. The summed E-state index contributed by atoms with van der Waals surface area (Å²) in [4.78, 5) is 12.5. The van der Waals surface area contributed by atoms with Crippen molar-refractivity contribution in [2.75, 3.05) is 6.61 Å². The Balaban J connectivity index is 2.15. The van der Waals surface area contributed by atoms with Crippen molar-refractivity contribution in [2.24, 2.45) is 0 Å². The number of nitrogens with one attached hydrogen (secondary N) is 1. The van der Waals surface area contributed by atoms with Gasteiger partial charge in [-0.2, -0.15) is 0 Å². The average molecular weight is 290 g/mol. The van der Waals surface area contributed by atoms with Crippen molar-refractivity contribution in [1.29, 1.82) is 0 Å². The summed E-state index contributed by atoms with van der Waals surface area (Å²) in [5.74, 6) is -0.573. The van der Waals surface area contributed by atoms with E-state index in [-0.39, 0.29) is 18.3 Å². The van der Waals surface area contributed by atoms with Crippen LogP contribution in [-0.2, 0) is 10.3 Å². The SMILES string of the molecule is CC(C)(C(=O)N[C@@H](CO)c1ccc(F)cc1)n1cccc1. The molecule has 2 N–H and O–H groups in total. The number of halogens is 1. The lowest BCUT2D eigenvalue weighted by atomic mass is 10.0. The Morgan fingerprint density at radius 2 is 1.86 bits per heavy atom. The fraction of sp³-hybridized carbons (Fsp3) is 0.312. The highest BCUT2D eigenvalue weighted by atomic mass is 19.1. The van der Waals surface area contributed by atoms with E-state index in [0.717, 1.165) is 0 Å². The number of aromatic nitrogens is 1. The van der Waals surface area contributed by atoms with Crippen LogP contribution in [0, 0.1) is 5.82 Å². The molecule has 0 radical (unpaired) electrons. The van der Waals surface area contributed by atoms with Crippen molar-refractivity contribution in [3.05, 3.63) is 60.2 Å². The molecule has 0 aliphatic rings. The maximum absolute atomic E-state index is 12.9. The number of aliphatic hydroxyl groups is 1. The Morgan fingerprint density at radius 1 is 1.29 bits per heavy atom. The highest BCUT2D eigenvalue weighted by molar-refractivity contribution is 5.84. The first-order valence-electron chi connectivity index (χ1n) is 6.76. The number of nitrogens with zero attached hydrogens (tertiary/aromatic N) is 1.